The van der Waals surface area contributed by atoms with Crippen molar-refractivity contribution in [3.8, 4) is 11.5 Å². The lowest BCUT2D eigenvalue weighted by Crippen LogP contribution is -2.29. The van der Waals surface area contributed by atoms with E-state index in [2.05, 4.69) is 5.32 Å². The highest BCUT2D eigenvalue weighted by molar-refractivity contribution is 8.18. The highest BCUT2D eigenvalue weighted by Gasteiger charge is 2.34. The fourth-order valence-corrected chi connectivity index (χ4v) is 3.95. The molecule has 3 amide bonds. The number of rotatable bonds is 10. The Morgan fingerprint density at radius 1 is 1.09 bits per heavy atom. The number of hydrogen-bond donors (Lipinski definition) is 1. The number of hydrogen-bond acceptors (Lipinski definition) is 7. The normalized spacial score (nSPS) is 14.6. The number of nitrogens with zero attached hydrogens (tertiary/aromatic N) is 1. The van der Waals surface area contributed by atoms with Crippen LogP contribution in [0.4, 0.5) is 10.5 Å². The van der Waals surface area contributed by atoms with E-state index in [0.717, 1.165) is 17.3 Å². The highest BCUT2D eigenvalue weighted by Crippen LogP contribution is 2.34. The first-order valence-electron chi connectivity index (χ1n) is 10.3. The van der Waals surface area contributed by atoms with Gasteiger partial charge >= 0.3 is 0 Å². The summed E-state index contributed by atoms with van der Waals surface area (Å²) in [5, 5.41) is 2.47. The molecule has 1 heterocycles. The third kappa shape index (κ3) is 6.59. The summed E-state index contributed by atoms with van der Waals surface area (Å²) >= 11 is 0.901. The van der Waals surface area contributed by atoms with Crippen LogP contribution >= 0.6 is 11.8 Å². The largest absolute Gasteiger partial charge is 0.493 e. The number of ether oxygens (including phenoxy) is 3. The van der Waals surface area contributed by atoms with E-state index in [1.165, 1.54) is 12.0 Å². The second-order valence-corrected chi connectivity index (χ2v) is 8.29. The van der Waals surface area contributed by atoms with Gasteiger partial charge in [-0.25, -0.2) is 0 Å². The zero-order chi connectivity index (χ0) is 23.8. The topological polar surface area (TPSA) is 94.2 Å². The molecule has 0 spiro atoms. The number of carbonyl (C=O) groups excluding carboxylic acids is 3. The molecule has 3 rings (SSSR count). The van der Waals surface area contributed by atoms with Crippen LogP contribution in [0.5, 0.6) is 11.5 Å². The third-order valence-electron chi connectivity index (χ3n) is 4.78. The number of nitrogens with one attached hydrogen (secondary N) is 1. The molecule has 1 saturated heterocycles. The Hall–Kier alpha value is -3.30. The second-order valence-electron chi connectivity index (χ2n) is 7.29. The van der Waals surface area contributed by atoms with Crippen LogP contribution < -0.4 is 14.8 Å². The van der Waals surface area contributed by atoms with Crippen LogP contribution in [-0.4, -0.2) is 55.9 Å². The van der Waals surface area contributed by atoms with Crippen molar-refractivity contribution in [1.82, 2.24) is 4.90 Å². The first kappa shape index (κ1) is 24.3. The van der Waals surface area contributed by atoms with Gasteiger partial charge in [0.25, 0.3) is 17.1 Å². The van der Waals surface area contributed by atoms with Gasteiger partial charge in [-0.05, 0) is 61.0 Å². The first-order valence-corrected chi connectivity index (χ1v) is 11.1. The van der Waals surface area contributed by atoms with Crippen LogP contribution in [0.3, 0.4) is 0 Å². The van der Waals surface area contributed by atoms with Crippen molar-refractivity contribution in [3.63, 3.8) is 0 Å². The summed E-state index contributed by atoms with van der Waals surface area (Å²) < 4.78 is 16.0. The predicted molar refractivity (Wildman–Crippen MR) is 127 cm³/mol. The minimum Gasteiger partial charge on any atom is -0.493 e. The predicted octanol–water partition coefficient (Wildman–Crippen LogP) is 4.09. The molecule has 0 aromatic heterocycles. The minimum atomic E-state index is -0.326. The molecule has 174 valence electrons. The van der Waals surface area contributed by atoms with Crippen molar-refractivity contribution in [3.05, 3.63) is 58.5 Å². The zero-order valence-electron chi connectivity index (χ0n) is 18.8. The number of amides is 3. The summed E-state index contributed by atoms with van der Waals surface area (Å²) in [4.78, 5) is 38.5. The van der Waals surface area contributed by atoms with Crippen LogP contribution in [0.25, 0.3) is 6.08 Å². The average molecular weight is 471 g/mol. The summed E-state index contributed by atoms with van der Waals surface area (Å²) in [6, 6.07) is 12.5. The molecule has 8 nitrogen and oxygen atoms in total. The molecule has 0 radical (unpaired) electrons. The molecule has 9 heteroatoms. The smallest absolute Gasteiger partial charge is 0.293 e. The lowest BCUT2D eigenvalue weighted by Gasteiger charge is -2.12. The first-order chi connectivity index (χ1) is 15.9. The van der Waals surface area contributed by atoms with E-state index in [0.29, 0.717) is 47.2 Å². The quantitative estimate of drug-likeness (QED) is 0.413. The van der Waals surface area contributed by atoms with Gasteiger partial charge in [0.1, 0.15) is 0 Å². The Morgan fingerprint density at radius 2 is 1.85 bits per heavy atom. The number of imide groups is 1. The van der Waals surface area contributed by atoms with E-state index in [1.807, 2.05) is 31.2 Å². The van der Waals surface area contributed by atoms with Gasteiger partial charge in [-0.2, -0.15) is 0 Å². The third-order valence-corrected chi connectivity index (χ3v) is 5.69. The molecule has 0 atom stereocenters. The van der Waals surface area contributed by atoms with Gasteiger partial charge in [0.05, 0.1) is 12.0 Å². The van der Waals surface area contributed by atoms with Gasteiger partial charge in [-0.3, -0.25) is 19.3 Å². The van der Waals surface area contributed by atoms with Gasteiger partial charge in [0, 0.05) is 25.9 Å². The van der Waals surface area contributed by atoms with E-state index in [9.17, 15) is 14.4 Å². The Bertz CT molecular complexity index is 1050. The van der Waals surface area contributed by atoms with Gasteiger partial charge in [-0.15, -0.1) is 0 Å². The van der Waals surface area contributed by atoms with Crippen molar-refractivity contribution in [2.24, 2.45) is 0 Å². The molecule has 1 aliphatic rings. The lowest BCUT2D eigenvalue weighted by atomic mass is 10.2. The molecular weight excluding hydrogens is 444 g/mol. The molecule has 1 N–H and O–H groups in total. The summed E-state index contributed by atoms with van der Waals surface area (Å²) in [7, 11) is 3.06. The van der Waals surface area contributed by atoms with Gasteiger partial charge < -0.3 is 19.5 Å². The maximum Gasteiger partial charge on any atom is 0.293 e. The molecule has 1 fully saturated rings. The molecule has 0 unspecified atom stereocenters. The van der Waals surface area contributed by atoms with Gasteiger partial charge in [0.15, 0.2) is 18.1 Å². The monoisotopic (exact) mass is 470 g/mol. The standard InChI is InChI=1S/C24H26N2O6S/c1-16-5-8-18(9-6-16)25-22(27)15-32-19-10-7-17(13-20(19)31-3)14-21-23(28)26(24(29)33-21)11-4-12-30-2/h5-10,13-14H,4,11-12,15H2,1-3H3,(H,25,27)/b21-14+. The number of methoxy groups -OCH3 is 2. The van der Waals surface area contributed by atoms with E-state index >= 15 is 0 Å². The molecule has 0 bridgehead atoms. The molecule has 2 aromatic carbocycles. The number of anilines is 1. The molecule has 0 aliphatic carbocycles. The molecule has 0 saturated carbocycles. The second kappa shape index (κ2) is 11.5. The van der Waals surface area contributed by atoms with Crippen LogP contribution in [0.1, 0.15) is 17.5 Å². The van der Waals surface area contributed by atoms with Gasteiger partial charge in [0.2, 0.25) is 0 Å². The van der Waals surface area contributed by atoms with E-state index in [1.54, 1.807) is 31.4 Å². The number of aryl methyl sites for hydroxylation is 1. The van der Waals surface area contributed by atoms with Crippen molar-refractivity contribution in [2.75, 3.05) is 39.3 Å². The highest BCUT2D eigenvalue weighted by atomic mass is 32.2. The molecule has 2 aromatic rings. The average Bonchev–Trinajstić information content (AvgIpc) is 3.07. The van der Waals surface area contributed by atoms with Gasteiger partial charge in [-0.1, -0.05) is 23.8 Å². The Kier molecular flexibility index (Phi) is 8.51. The van der Waals surface area contributed by atoms with E-state index in [-0.39, 0.29) is 23.7 Å². The van der Waals surface area contributed by atoms with Crippen molar-refractivity contribution in [1.29, 1.82) is 0 Å². The summed E-state index contributed by atoms with van der Waals surface area (Å²) in [6.45, 7) is 2.57. The molecule has 33 heavy (non-hydrogen) atoms. The fourth-order valence-electron chi connectivity index (χ4n) is 3.08. The minimum absolute atomic E-state index is 0.191. The molecule has 1 aliphatic heterocycles. The number of benzene rings is 2. The van der Waals surface area contributed by atoms with Crippen LogP contribution in [0, 0.1) is 6.92 Å². The molecular formula is C24H26N2O6S. The Morgan fingerprint density at radius 3 is 2.55 bits per heavy atom. The van der Waals surface area contributed by atoms with E-state index in [4.69, 9.17) is 14.2 Å². The van der Waals surface area contributed by atoms with Crippen molar-refractivity contribution < 1.29 is 28.6 Å². The van der Waals surface area contributed by atoms with Crippen LogP contribution in [0.2, 0.25) is 0 Å². The summed E-state index contributed by atoms with van der Waals surface area (Å²) in [5.41, 5.74) is 2.46. The zero-order valence-corrected chi connectivity index (χ0v) is 19.6. The SMILES string of the molecule is COCCCN1C(=O)S/C(=C/c2ccc(OCC(=O)Nc3ccc(C)cc3)c(OC)c2)C1=O. The number of thioether (sulfide) groups is 1. The van der Waals surface area contributed by atoms with Crippen LogP contribution in [0.15, 0.2) is 47.4 Å². The van der Waals surface area contributed by atoms with E-state index < -0.39 is 0 Å². The lowest BCUT2D eigenvalue weighted by molar-refractivity contribution is -0.123. The summed E-state index contributed by atoms with van der Waals surface area (Å²) in [6.07, 6.45) is 2.22. The fraction of sp³-hybridized carbons (Fsp3) is 0.292. The maximum atomic E-state index is 12.6. The summed E-state index contributed by atoms with van der Waals surface area (Å²) in [5.74, 6) is 0.174. The van der Waals surface area contributed by atoms with Crippen molar-refractivity contribution in [2.45, 2.75) is 13.3 Å². The van der Waals surface area contributed by atoms with Crippen LogP contribution in [-0.2, 0) is 14.3 Å². The number of carbonyl (C=O) groups is 3. The van der Waals surface area contributed by atoms with Crippen molar-refractivity contribution >= 4 is 40.6 Å². The Labute approximate surface area is 196 Å². The maximum absolute atomic E-state index is 12.6. The Balaban J connectivity index is 1.63.